The molecule has 0 unspecified atom stereocenters. The van der Waals surface area contributed by atoms with Crippen molar-refractivity contribution in [3.8, 4) is 34.3 Å². The van der Waals surface area contributed by atoms with E-state index in [9.17, 15) is 10.1 Å². The first-order valence-corrected chi connectivity index (χ1v) is 7.73. The second-order valence-corrected chi connectivity index (χ2v) is 5.67. The van der Waals surface area contributed by atoms with E-state index < -0.39 is 4.92 Å². The Bertz CT molecular complexity index is 1070. The van der Waals surface area contributed by atoms with Crippen LogP contribution >= 0.6 is 0 Å². The monoisotopic (exact) mass is 348 g/mol. The molecule has 4 rings (SSSR count). The third-order valence-corrected chi connectivity index (χ3v) is 3.83. The Labute approximate surface area is 147 Å². The summed E-state index contributed by atoms with van der Waals surface area (Å²) in [5.41, 5.74) is 3.06. The van der Waals surface area contributed by atoms with E-state index in [1.807, 2.05) is 31.2 Å². The maximum absolute atomic E-state index is 10.7. The molecule has 0 saturated carbocycles. The zero-order valence-electron chi connectivity index (χ0n) is 13.6. The van der Waals surface area contributed by atoms with Crippen LogP contribution in [0, 0.1) is 17.0 Å². The molecular weight excluding hydrogens is 336 g/mol. The van der Waals surface area contributed by atoms with Crippen LogP contribution in [-0.4, -0.2) is 20.2 Å². The predicted molar refractivity (Wildman–Crippen MR) is 92.1 cm³/mol. The maximum atomic E-state index is 10.7. The fraction of sp³-hybridized carbons (Fsp3) is 0.0556. The Balaban J connectivity index is 1.60. The van der Waals surface area contributed by atoms with Gasteiger partial charge in [-0.3, -0.25) is 10.1 Å². The highest BCUT2D eigenvalue weighted by molar-refractivity contribution is 5.64. The summed E-state index contributed by atoms with van der Waals surface area (Å²) in [7, 11) is 0. The van der Waals surface area contributed by atoms with Gasteiger partial charge in [0.2, 0.25) is 5.82 Å². The highest BCUT2D eigenvalue weighted by Crippen LogP contribution is 2.27. The molecule has 0 aliphatic carbocycles. The van der Waals surface area contributed by atoms with Crippen LogP contribution in [0.1, 0.15) is 5.56 Å². The molecule has 128 valence electrons. The first kappa shape index (κ1) is 15.7. The Kier molecular flexibility index (Phi) is 3.77. The van der Waals surface area contributed by atoms with Gasteiger partial charge in [0.25, 0.3) is 11.6 Å². The number of aryl methyl sites for hydroxylation is 1. The van der Waals surface area contributed by atoms with E-state index in [0.29, 0.717) is 22.8 Å². The molecule has 0 radical (unpaired) electrons. The maximum Gasteiger partial charge on any atom is 0.280 e. The van der Waals surface area contributed by atoms with Gasteiger partial charge in [-0.25, -0.2) is 0 Å². The predicted octanol–water partition coefficient (Wildman–Crippen LogP) is 4.28. The Hall–Kier alpha value is -3.81. The molecule has 0 aliphatic heterocycles. The summed E-state index contributed by atoms with van der Waals surface area (Å²) in [6, 6.07) is 15.5. The highest BCUT2D eigenvalue weighted by atomic mass is 16.6. The van der Waals surface area contributed by atoms with E-state index in [2.05, 4.69) is 15.3 Å². The lowest BCUT2D eigenvalue weighted by atomic mass is 10.1. The number of hydrogen-bond acceptors (Lipinski definition) is 7. The summed E-state index contributed by atoms with van der Waals surface area (Å²) in [5, 5.41) is 18.6. The SMILES string of the molecule is Cc1ccc(-c2cc(-c3nc(-c4ccc([N+](=O)[O-])cc4)no3)no2)cc1. The topological polar surface area (TPSA) is 108 Å². The molecule has 2 aromatic carbocycles. The average Bonchev–Trinajstić information content (AvgIpc) is 3.32. The first-order chi connectivity index (χ1) is 12.6. The van der Waals surface area contributed by atoms with Gasteiger partial charge in [0.1, 0.15) is 0 Å². The van der Waals surface area contributed by atoms with Crippen molar-refractivity contribution in [1.29, 1.82) is 0 Å². The normalized spacial score (nSPS) is 10.8. The van der Waals surface area contributed by atoms with Crippen LogP contribution in [0.3, 0.4) is 0 Å². The van der Waals surface area contributed by atoms with Gasteiger partial charge in [-0.05, 0) is 19.1 Å². The van der Waals surface area contributed by atoms with E-state index >= 15 is 0 Å². The van der Waals surface area contributed by atoms with Crippen molar-refractivity contribution in [2.45, 2.75) is 6.92 Å². The van der Waals surface area contributed by atoms with Gasteiger partial charge in [-0.15, -0.1) is 0 Å². The van der Waals surface area contributed by atoms with E-state index in [1.165, 1.54) is 12.1 Å². The molecule has 26 heavy (non-hydrogen) atoms. The lowest BCUT2D eigenvalue weighted by Crippen LogP contribution is -1.87. The van der Waals surface area contributed by atoms with Gasteiger partial charge in [0.15, 0.2) is 11.5 Å². The summed E-state index contributed by atoms with van der Waals surface area (Å²) in [6.45, 7) is 2.01. The number of nitro benzene ring substituents is 1. The van der Waals surface area contributed by atoms with Crippen molar-refractivity contribution in [1.82, 2.24) is 15.3 Å². The van der Waals surface area contributed by atoms with Gasteiger partial charge in [-0.1, -0.05) is 40.1 Å². The summed E-state index contributed by atoms with van der Waals surface area (Å²) < 4.78 is 10.6. The number of non-ortho nitro benzene ring substituents is 1. The minimum Gasteiger partial charge on any atom is -0.355 e. The van der Waals surface area contributed by atoms with Gasteiger partial charge < -0.3 is 9.05 Å². The van der Waals surface area contributed by atoms with Crippen LogP contribution in [0.25, 0.3) is 34.3 Å². The summed E-state index contributed by atoms with van der Waals surface area (Å²) in [4.78, 5) is 14.5. The average molecular weight is 348 g/mol. The van der Waals surface area contributed by atoms with Gasteiger partial charge in [-0.2, -0.15) is 4.98 Å². The number of nitro groups is 1. The summed E-state index contributed by atoms with van der Waals surface area (Å²) in [6.07, 6.45) is 0. The van der Waals surface area contributed by atoms with Gasteiger partial charge >= 0.3 is 0 Å². The van der Waals surface area contributed by atoms with E-state index in [-0.39, 0.29) is 11.6 Å². The van der Waals surface area contributed by atoms with Crippen LogP contribution in [0.4, 0.5) is 5.69 Å². The number of rotatable bonds is 4. The van der Waals surface area contributed by atoms with Crippen LogP contribution in [0.5, 0.6) is 0 Å². The molecule has 2 heterocycles. The molecule has 0 amide bonds. The third kappa shape index (κ3) is 2.95. The van der Waals surface area contributed by atoms with Crippen molar-refractivity contribution in [3.05, 3.63) is 70.3 Å². The molecule has 0 bridgehead atoms. The molecule has 0 aliphatic rings. The quantitative estimate of drug-likeness (QED) is 0.400. The Morgan fingerprint density at radius 1 is 0.923 bits per heavy atom. The van der Waals surface area contributed by atoms with Crippen molar-refractivity contribution >= 4 is 5.69 Å². The summed E-state index contributed by atoms with van der Waals surface area (Å²) >= 11 is 0. The second kappa shape index (κ2) is 6.25. The van der Waals surface area contributed by atoms with Crippen LogP contribution in [0.15, 0.2) is 63.6 Å². The largest absolute Gasteiger partial charge is 0.355 e. The Morgan fingerprint density at radius 2 is 1.62 bits per heavy atom. The van der Waals surface area contributed by atoms with Gasteiger partial charge in [0, 0.05) is 29.3 Å². The van der Waals surface area contributed by atoms with Crippen molar-refractivity contribution < 1.29 is 14.0 Å². The third-order valence-electron chi connectivity index (χ3n) is 3.83. The zero-order valence-corrected chi connectivity index (χ0v) is 13.6. The fourth-order valence-corrected chi connectivity index (χ4v) is 2.41. The molecule has 2 aromatic heterocycles. The zero-order chi connectivity index (χ0) is 18.1. The van der Waals surface area contributed by atoms with Crippen molar-refractivity contribution in [2.24, 2.45) is 0 Å². The number of benzene rings is 2. The molecular formula is C18H12N4O4. The molecule has 0 atom stereocenters. The second-order valence-electron chi connectivity index (χ2n) is 5.67. The van der Waals surface area contributed by atoms with Crippen LogP contribution < -0.4 is 0 Å². The van der Waals surface area contributed by atoms with Crippen LogP contribution in [-0.2, 0) is 0 Å². The Morgan fingerprint density at radius 3 is 2.31 bits per heavy atom. The first-order valence-electron chi connectivity index (χ1n) is 7.73. The standard InChI is InChI=1S/C18H12N4O4/c1-11-2-4-12(5-3-11)16-10-15(20-25-16)18-19-17(21-26-18)13-6-8-14(9-7-13)22(23)24/h2-10H,1H3. The number of aromatic nitrogens is 3. The van der Waals surface area contributed by atoms with E-state index in [1.54, 1.807) is 18.2 Å². The van der Waals surface area contributed by atoms with E-state index in [0.717, 1.165) is 11.1 Å². The highest BCUT2D eigenvalue weighted by Gasteiger charge is 2.16. The molecule has 0 fully saturated rings. The number of nitrogens with zero attached hydrogens (tertiary/aromatic N) is 4. The van der Waals surface area contributed by atoms with E-state index in [4.69, 9.17) is 9.05 Å². The molecule has 8 nitrogen and oxygen atoms in total. The van der Waals surface area contributed by atoms with Crippen molar-refractivity contribution in [2.75, 3.05) is 0 Å². The van der Waals surface area contributed by atoms with Gasteiger partial charge in [0.05, 0.1) is 4.92 Å². The minimum atomic E-state index is -0.465. The van der Waals surface area contributed by atoms with Crippen molar-refractivity contribution in [3.63, 3.8) is 0 Å². The number of hydrogen-bond donors (Lipinski definition) is 0. The van der Waals surface area contributed by atoms with Crippen LogP contribution in [0.2, 0.25) is 0 Å². The molecule has 0 spiro atoms. The lowest BCUT2D eigenvalue weighted by molar-refractivity contribution is -0.384. The smallest absolute Gasteiger partial charge is 0.280 e. The fourth-order valence-electron chi connectivity index (χ4n) is 2.41. The minimum absolute atomic E-state index is 0.00305. The lowest BCUT2D eigenvalue weighted by Gasteiger charge is -1.95. The molecule has 8 heteroatoms. The molecule has 4 aromatic rings. The molecule has 0 N–H and O–H groups in total. The molecule has 0 saturated heterocycles. The summed E-state index contributed by atoms with van der Waals surface area (Å²) in [5.74, 6) is 1.12.